The maximum absolute atomic E-state index is 13.7. The van der Waals surface area contributed by atoms with Crippen LogP contribution in [0.2, 0.25) is 0 Å². The fraction of sp³-hybridized carbons (Fsp3) is 0.387. The van der Waals surface area contributed by atoms with Crippen LogP contribution in [0.4, 0.5) is 0 Å². The van der Waals surface area contributed by atoms with E-state index < -0.39 is 47.0 Å². The van der Waals surface area contributed by atoms with Crippen LogP contribution in [0.1, 0.15) is 49.7 Å². The van der Waals surface area contributed by atoms with E-state index in [2.05, 4.69) is 26.3 Å². The number of benzene rings is 2. The van der Waals surface area contributed by atoms with Crippen molar-refractivity contribution in [2.24, 2.45) is 5.92 Å². The van der Waals surface area contributed by atoms with Gasteiger partial charge in [0.25, 0.3) is 11.8 Å². The van der Waals surface area contributed by atoms with E-state index in [-0.39, 0.29) is 24.4 Å². The Kier molecular flexibility index (Phi) is 9.29. The second-order valence-electron chi connectivity index (χ2n) is 11.5. The predicted molar refractivity (Wildman–Crippen MR) is 157 cm³/mol. The summed E-state index contributed by atoms with van der Waals surface area (Å²) in [5, 5.41) is 11.6. The number of aromatic nitrogens is 1. The molecule has 11 heteroatoms. The summed E-state index contributed by atoms with van der Waals surface area (Å²) in [6.45, 7) is 5.67. The number of fused-ring (bicyclic) bond motifs is 1. The number of ether oxygens (including phenoxy) is 1. The summed E-state index contributed by atoms with van der Waals surface area (Å²) in [5.74, 6) is -3.02. The molecule has 3 aromatic rings. The highest BCUT2D eigenvalue weighted by Crippen LogP contribution is 2.22. The van der Waals surface area contributed by atoms with Crippen LogP contribution in [-0.2, 0) is 25.6 Å². The maximum atomic E-state index is 13.7. The molecule has 2 aromatic carbocycles. The number of methoxy groups -OCH3 is 1. The smallest absolute Gasteiger partial charge is 0.290 e. The molecule has 42 heavy (non-hydrogen) atoms. The highest BCUT2D eigenvalue weighted by Gasteiger charge is 2.36. The molecule has 5 N–H and O–H groups in total. The van der Waals surface area contributed by atoms with Crippen molar-refractivity contribution < 1.29 is 28.7 Å². The molecule has 0 bridgehead atoms. The molecule has 0 spiro atoms. The zero-order chi connectivity index (χ0) is 30.4. The van der Waals surface area contributed by atoms with Crippen molar-refractivity contribution in [3.8, 4) is 5.75 Å². The fourth-order valence-electron chi connectivity index (χ4n) is 4.87. The molecule has 1 aliphatic heterocycles. The van der Waals surface area contributed by atoms with Crippen molar-refractivity contribution in [2.45, 2.75) is 57.7 Å². The average Bonchev–Trinajstić information content (AvgIpc) is 3.56. The molecule has 3 atom stereocenters. The van der Waals surface area contributed by atoms with Crippen molar-refractivity contribution in [1.29, 1.82) is 0 Å². The van der Waals surface area contributed by atoms with E-state index in [9.17, 15) is 24.0 Å². The zero-order valence-electron chi connectivity index (χ0n) is 24.2. The van der Waals surface area contributed by atoms with Gasteiger partial charge in [-0.25, -0.2) is 0 Å². The van der Waals surface area contributed by atoms with Crippen molar-refractivity contribution in [1.82, 2.24) is 26.3 Å². The molecule has 0 unspecified atom stereocenters. The second-order valence-corrected chi connectivity index (χ2v) is 11.5. The van der Waals surface area contributed by atoms with Gasteiger partial charge in [-0.05, 0) is 63.4 Å². The third-order valence-electron chi connectivity index (χ3n) is 7.01. The van der Waals surface area contributed by atoms with Gasteiger partial charge < -0.3 is 31.0 Å². The Bertz CT molecular complexity index is 1480. The number of carbonyl (C=O) groups is 5. The van der Waals surface area contributed by atoms with Gasteiger partial charge in [0.2, 0.25) is 17.6 Å². The minimum atomic E-state index is -1.26. The molecule has 1 fully saturated rings. The third kappa shape index (κ3) is 7.74. The van der Waals surface area contributed by atoms with Gasteiger partial charge in [-0.15, -0.1) is 0 Å². The number of amides is 4. The molecule has 1 aliphatic rings. The maximum Gasteiger partial charge on any atom is 0.290 e. The highest BCUT2D eigenvalue weighted by atomic mass is 16.5. The van der Waals surface area contributed by atoms with Crippen LogP contribution in [0.5, 0.6) is 5.75 Å². The largest absolute Gasteiger partial charge is 0.497 e. The molecule has 222 valence electrons. The lowest BCUT2D eigenvalue weighted by Crippen LogP contribution is -2.56. The van der Waals surface area contributed by atoms with Gasteiger partial charge >= 0.3 is 0 Å². The third-order valence-corrected chi connectivity index (χ3v) is 7.01. The number of H-pyrrole nitrogens is 1. The Labute approximate surface area is 244 Å². The number of Topliss-reactive ketones (excluding diaryl/α,β-unsaturated/α-hetero) is 1. The van der Waals surface area contributed by atoms with Gasteiger partial charge in [0.1, 0.15) is 17.5 Å². The van der Waals surface area contributed by atoms with Crippen LogP contribution >= 0.6 is 0 Å². The standard InChI is InChI=1S/C31H37N5O6/c1-31(2,3)36-30(41)26(37)23(16-19-12-13-32-27(19)38)34-28(39)24(14-18-8-6-5-7-9-18)35-29(40)25-17-20-15-21(42-4)10-11-22(20)33-25/h5-11,15,17,19,23-24,33H,12-14,16H2,1-4H3,(H,32,38)(H,34,39)(H,35,40)(H,36,41)/t19-,23-,24-/m0/s1. The van der Waals surface area contributed by atoms with Crippen LogP contribution in [-0.4, -0.2) is 65.7 Å². The Hall–Kier alpha value is -4.67. The van der Waals surface area contributed by atoms with Crippen LogP contribution in [0.3, 0.4) is 0 Å². The zero-order valence-corrected chi connectivity index (χ0v) is 24.2. The highest BCUT2D eigenvalue weighted by molar-refractivity contribution is 6.38. The van der Waals surface area contributed by atoms with E-state index in [1.54, 1.807) is 52.1 Å². The van der Waals surface area contributed by atoms with E-state index in [1.165, 1.54) is 0 Å². The first kappa shape index (κ1) is 30.3. The van der Waals surface area contributed by atoms with Crippen molar-refractivity contribution >= 4 is 40.3 Å². The lowest BCUT2D eigenvalue weighted by Gasteiger charge is -2.26. The number of nitrogens with one attached hydrogen (secondary N) is 5. The first-order valence-electron chi connectivity index (χ1n) is 13.9. The van der Waals surface area contributed by atoms with E-state index in [0.29, 0.717) is 18.7 Å². The van der Waals surface area contributed by atoms with Crippen LogP contribution < -0.4 is 26.0 Å². The first-order valence-corrected chi connectivity index (χ1v) is 13.9. The lowest BCUT2D eigenvalue weighted by molar-refractivity contribution is -0.141. The minimum Gasteiger partial charge on any atom is -0.497 e. The average molecular weight is 576 g/mol. The summed E-state index contributed by atoms with van der Waals surface area (Å²) in [4.78, 5) is 68.5. The second kappa shape index (κ2) is 12.9. The quantitative estimate of drug-likeness (QED) is 0.220. The number of carbonyl (C=O) groups excluding carboxylic acids is 5. The molecule has 2 heterocycles. The summed E-state index contributed by atoms with van der Waals surface area (Å²) in [6.07, 6.45) is 0.573. The van der Waals surface area contributed by atoms with Crippen LogP contribution in [0.15, 0.2) is 54.6 Å². The Morgan fingerprint density at radius 1 is 1.00 bits per heavy atom. The normalized spacial score (nSPS) is 16.3. The van der Waals surface area contributed by atoms with Crippen molar-refractivity contribution in [2.75, 3.05) is 13.7 Å². The molecular weight excluding hydrogens is 538 g/mol. The summed E-state index contributed by atoms with van der Waals surface area (Å²) in [7, 11) is 1.55. The number of hydrogen-bond acceptors (Lipinski definition) is 6. The molecule has 1 saturated heterocycles. The van der Waals surface area contributed by atoms with Crippen molar-refractivity contribution in [3.05, 3.63) is 65.9 Å². The molecule has 1 aromatic heterocycles. The summed E-state index contributed by atoms with van der Waals surface area (Å²) in [5.41, 5.74) is 1.06. The van der Waals surface area contributed by atoms with Crippen LogP contribution in [0.25, 0.3) is 10.9 Å². The summed E-state index contributed by atoms with van der Waals surface area (Å²) < 4.78 is 5.26. The predicted octanol–water partition coefficient (Wildman–Crippen LogP) is 2.01. The topological polar surface area (TPSA) is 158 Å². The fourth-order valence-corrected chi connectivity index (χ4v) is 4.87. The van der Waals surface area contributed by atoms with E-state index >= 15 is 0 Å². The van der Waals surface area contributed by atoms with Gasteiger partial charge in [-0.1, -0.05) is 30.3 Å². The van der Waals surface area contributed by atoms with E-state index in [4.69, 9.17) is 4.74 Å². The van der Waals surface area contributed by atoms with Crippen LogP contribution in [0, 0.1) is 5.92 Å². The van der Waals surface area contributed by atoms with Gasteiger partial charge in [-0.2, -0.15) is 0 Å². The molecule has 0 aliphatic carbocycles. The molecule has 4 amide bonds. The minimum absolute atomic E-state index is 0.0379. The Morgan fingerprint density at radius 3 is 2.38 bits per heavy atom. The Morgan fingerprint density at radius 2 is 1.74 bits per heavy atom. The molecule has 4 rings (SSSR count). The van der Waals surface area contributed by atoms with Crippen molar-refractivity contribution in [3.63, 3.8) is 0 Å². The number of hydrogen-bond donors (Lipinski definition) is 5. The summed E-state index contributed by atoms with van der Waals surface area (Å²) >= 11 is 0. The first-order chi connectivity index (χ1) is 19.9. The summed E-state index contributed by atoms with van der Waals surface area (Å²) in [6, 6.07) is 13.8. The number of ketones is 1. The number of rotatable bonds is 11. The van der Waals surface area contributed by atoms with E-state index in [1.807, 2.05) is 30.3 Å². The molecule has 0 radical (unpaired) electrons. The van der Waals surface area contributed by atoms with Gasteiger partial charge in [-0.3, -0.25) is 24.0 Å². The van der Waals surface area contributed by atoms with Gasteiger partial charge in [0, 0.05) is 35.3 Å². The lowest BCUT2D eigenvalue weighted by atomic mass is 9.94. The number of aromatic amines is 1. The molecular formula is C31H37N5O6. The molecule has 0 saturated carbocycles. The van der Waals surface area contributed by atoms with E-state index in [0.717, 1.165) is 16.5 Å². The molecule has 11 nitrogen and oxygen atoms in total. The SMILES string of the molecule is COc1ccc2[nH]c(C(=O)N[C@@H](Cc3ccccc3)C(=O)N[C@@H](C[C@@H]3CCNC3=O)C(=O)C(=O)NC(C)(C)C)cc2c1. The van der Waals surface area contributed by atoms with Gasteiger partial charge in [0.05, 0.1) is 13.2 Å². The Balaban J connectivity index is 1.58. The monoisotopic (exact) mass is 575 g/mol. The van der Waals surface area contributed by atoms with Gasteiger partial charge in [0.15, 0.2) is 0 Å².